The normalized spacial score (nSPS) is 35.9. The Morgan fingerprint density at radius 2 is 1.96 bits per heavy atom. The van der Waals surface area contributed by atoms with Gasteiger partial charge in [-0.2, -0.15) is 0 Å². The van der Waals surface area contributed by atoms with Crippen LogP contribution in [0.4, 0.5) is 0 Å². The summed E-state index contributed by atoms with van der Waals surface area (Å²) in [5.41, 5.74) is 0. The molecule has 0 saturated carbocycles. The molecule has 7 unspecified atom stereocenters. The van der Waals surface area contributed by atoms with Crippen LogP contribution >= 0.6 is 22.6 Å². The third-order valence-corrected chi connectivity index (χ3v) is 5.98. The van der Waals surface area contributed by atoms with E-state index < -0.39 is 66.7 Å². The Morgan fingerprint density at radius 1 is 1.24 bits per heavy atom. The van der Waals surface area contributed by atoms with E-state index in [2.05, 4.69) is 0 Å². The van der Waals surface area contributed by atoms with E-state index >= 15 is 0 Å². The van der Waals surface area contributed by atoms with Gasteiger partial charge in [0.15, 0.2) is 18.8 Å². The third kappa shape index (κ3) is 3.09. The Balaban J connectivity index is 1.63. The second kappa shape index (κ2) is 7.06. The van der Waals surface area contributed by atoms with Crippen LogP contribution in [0, 0.1) is 11.8 Å². The van der Waals surface area contributed by atoms with E-state index in [9.17, 15) is 19.2 Å². The summed E-state index contributed by atoms with van der Waals surface area (Å²) in [4.78, 5) is 47.5. The summed E-state index contributed by atoms with van der Waals surface area (Å²) in [7, 11) is 1.21. The molecule has 0 radical (unpaired) electrons. The molecule has 0 aromatic carbocycles. The zero-order valence-corrected chi connectivity index (χ0v) is 15.7. The number of carbonyl (C=O) groups is 4. The fraction of sp³-hybridized carbons (Fsp3) is 0.733. The fourth-order valence-electron chi connectivity index (χ4n) is 3.45. The van der Waals surface area contributed by atoms with E-state index in [4.69, 9.17) is 23.7 Å². The molecule has 0 aromatic rings. The standard InChI is InChI=1S/C15H17IO9/c1-3-5(16)13(18)22-4-6(17)23-11-9-7(14(19)21-2)8-10(24-9)12(11)25-15(8)20/h5,7-12H,3-4H2,1-2H3. The number of ether oxygens (including phenoxy) is 5. The summed E-state index contributed by atoms with van der Waals surface area (Å²) in [6.07, 6.45) is -2.55. The quantitative estimate of drug-likeness (QED) is 0.226. The van der Waals surface area contributed by atoms with E-state index in [0.29, 0.717) is 6.42 Å². The number of methoxy groups -OCH3 is 1. The third-order valence-electron chi connectivity index (χ3n) is 4.59. The fourth-order valence-corrected chi connectivity index (χ4v) is 3.63. The lowest BCUT2D eigenvalue weighted by atomic mass is 9.78. The Kier molecular flexibility index (Phi) is 5.19. The molecule has 3 heterocycles. The minimum absolute atomic E-state index is 0.350. The highest BCUT2D eigenvalue weighted by molar-refractivity contribution is 14.1. The van der Waals surface area contributed by atoms with Crippen molar-refractivity contribution in [1.29, 1.82) is 0 Å². The zero-order chi connectivity index (χ0) is 18.3. The van der Waals surface area contributed by atoms with Gasteiger partial charge in [0.25, 0.3) is 0 Å². The van der Waals surface area contributed by atoms with E-state index in [1.807, 2.05) is 29.5 Å². The van der Waals surface area contributed by atoms with Gasteiger partial charge in [-0.05, 0) is 6.42 Å². The lowest BCUT2D eigenvalue weighted by Crippen LogP contribution is -2.48. The molecule has 3 rings (SSSR count). The molecule has 3 fully saturated rings. The first-order valence-electron chi connectivity index (χ1n) is 7.83. The van der Waals surface area contributed by atoms with Crippen LogP contribution in [0.5, 0.6) is 0 Å². The van der Waals surface area contributed by atoms with Gasteiger partial charge in [0, 0.05) is 0 Å². The molecule has 3 aliphatic rings. The number of rotatable bonds is 6. The minimum Gasteiger partial charge on any atom is -0.469 e. The number of hydrogen-bond acceptors (Lipinski definition) is 9. The topological polar surface area (TPSA) is 114 Å². The molecular weight excluding hydrogens is 451 g/mol. The smallest absolute Gasteiger partial charge is 0.344 e. The minimum atomic E-state index is -0.926. The second-order valence-corrected chi connectivity index (χ2v) is 7.48. The van der Waals surface area contributed by atoms with E-state index in [0.717, 1.165) is 0 Å². The van der Waals surface area contributed by atoms with Gasteiger partial charge in [-0.25, -0.2) is 4.79 Å². The van der Waals surface area contributed by atoms with Crippen LogP contribution in [0.15, 0.2) is 0 Å². The average Bonchev–Trinajstić information content (AvgIpc) is 3.21. The van der Waals surface area contributed by atoms with Crippen LogP contribution in [0.2, 0.25) is 0 Å². The van der Waals surface area contributed by atoms with Gasteiger partial charge in [0.05, 0.1) is 7.11 Å². The first-order valence-corrected chi connectivity index (χ1v) is 9.07. The van der Waals surface area contributed by atoms with Crippen LogP contribution in [-0.2, 0) is 42.9 Å². The van der Waals surface area contributed by atoms with Gasteiger partial charge in [-0.15, -0.1) is 0 Å². The van der Waals surface area contributed by atoms with Gasteiger partial charge in [0.2, 0.25) is 0 Å². The number of halogens is 1. The number of hydrogen-bond donors (Lipinski definition) is 0. The number of fused-ring (bicyclic) bond motifs is 1. The molecule has 3 saturated heterocycles. The molecule has 7 atom stereocenters. The van der Waals surface area contributed by atoms with Crippen molar-refractivity contribution in [2.24, 2.45) is 11.8 Å². The lowest BCUT2D eigenvalue weighted by molar-refractivity contribution is -0.170. The Morgan fingerprint density at radius 3 is 2.60 bits per heavy atom. The van der Waals surface area contributed by atoms with Crippen LogP contribution in [0.3, 0.4) is 0 Å². The molecule has 0 N–H and O–H groups in total. The van der Waals surface area contributed by atoms with E-state index in [1.165, 1.54) is 7.11 Å². The highest BCUT2D eigenvalue weighted by Gasteiger charge is 2.72. The Hall–Kier alpha value is -1.43. The van der Waals surface area contributed by atoms with Crippen molar-refractivity contribution in [2.75, 3.05) is 13.7 Å². The molecule has 3 aliphatic heterocycles. The Labute approximate surface area is 156 Å². The number of carbonyl (C=O) groups excluding carboxylic acids is 4. The van der Waals surface area contributed by atoms with Crippen molar-refractivity contribution in [2.45, 2.75) is 41.7 Å². The van der Waals surface area contributed by atoms with E-state index in [-0.39, 0.29) is 3.92 Å². The summed E-state index contributed by atoms with van der Waals surface area (Å²) in [6.45, 7) is 1.26. The molecule has 25 heavy (non-hydrogen) atoms. The van der Waals surface area contributed by atoms with Crippen LogP contribution < -0.4 is 0 Å². The summed E-state index contributed by atoms with van der Waals surface area (Å²) in [6, 6.07) is 0. The molecule has 0 aliphatic carbocycles. The zero-order valence-electron chi connectivity index (χ0n) is 13.5. The number of esters is 4. The maximum atomic E-state index is 12.0. The van der Waals surface area contributed by atoms with Gasteiger partial charge in [0.1, 0.15) is 28.0 Å². The van der Waals surface area contributed by atoms with Gasteiger partial charge in [-0.3, -0.25) is 14.4 Å². The molecule has 9 nitrogen and oxygen atoms in total. The number of alkyl halides is 1. The van der Waals surface area contributed by atoms with Crippen molar-refractivity contribution in [3.63, 3.8) is 0 Å². The largest absolute Gasteiger partial charge is 0.469 e. The van der Waals surface area contributed by atoms with Crippen LogP contribution in [0.1, 0.15) is 13.3 Å². The van der Waals surface area contributed by atoms with Crippen LogP contribution in [0.25, 0.3) is 0 Å². The van der Waals surface area contributed by atoms with Crippen LogP contribution in [-0.4, -0.2) is 65.9 Å². The highest BCUT2D eigenvalue weighted by Crippen LogP contribution is 2.51. The molecule has 0 spiro atoms. The first-order chi connectivity index (χ1) is 11.9. The Bertz CT molecular complexity index is 606. The summed E-state index contributed by atoms with van der Waals surface area (Å²) < 4.78 is 25.4. The second-order valence-electron chi connectivity index (χ2n) is 5.98. The SMILES string of the molecule is CCC(I)C(=O)OCC(=O)OC1C2OC(=O)C3C2OC1C3C(=O)OC. The lowest BCUT2D eigenvalue weighted by Gasteiger charge is -2.26. The predicted octanol–water partition coefficient (Wildman–Crippen LogP) is -0.233. The van der Waals surface area contributed by atoms with Crippen molar-refractivity contribution in [3.05, 3.63) is 0 Å². The molecule has 0 amide bonds. The summed E-state index contributed by atoms with van der Waals surface area (Å²) in [5.74, 6) is -4.09. The highest BCUT2D eigenvalue weighted by atomic mass is 127. The molecule has 10 heteroatoms. The molecule has 0 aromatic heterocycles. The van der Waals surface area contributed by atoms with Crippen molar-refractivity contribution < 1.29 is 42.9 Å². The summed E-state index contributed by atoms with van der Waals surface area (Å²) in [5, 5.41) is 0. The van der Waals surface area contributed by atoms with E-state index in [1.54, 1.807) is 0 Å². The van der Waals surface area contributed by atoms with Gasteiger partial charge in [-0.1, -0.05) is 29.5 Å². The first kappa shape index (κ1) is 18.4. The van der Waals surface area contributed by atoms with Crippen molar-refractivity contribution in [1.82, 2.24) is 0 Å². The molecular formula is C15H17IO9. The monoisotopic (exact) mass is 468 g/mol. The van der Waals surface area contributed by atoms with Crippen molar-refractivity contribution in [3.8, 4) is 0 Å². The average molecular weight is 468 g/mol. The molecule has 138 valence electrons. The van der Waals surface area contributed by atoms with Gasteiger partial charge < -0.3 is 23.7 Å². The summed E-state index contributed by atoms with van der Waals surface area (Å²) >= 11 is 1.92. The van der Waals surface area contributed by atoms with Gasteiger partial charge >= 0.3 is 23.9 Å². The molecule has 2 bridgehead atoms. The predicted molar refractivity (Wildman–Crippen MR) is 86.5 cm³/mol. The maximum absolute atomic E-state index is 12.0. The maximum Gasteiger partial charge on any atom is 0.344 e. The van der Waals surface area contributed by atoms with Crippen molar-refractivity contribution >= 4 is 46.5 Å².